The van der Waals surface area contributed by atoms with Crippen LogP contribution in [0.1, 0.15) is 26.3 Å². The summed E-state index contributed by atoms with van der Waals surface area (Å²) in [5.41, 5.74) is 1.20. The molecule has 0 aliphatic rings. The number of nitrogens with one attached hydrogen (secondary N) is 1. The molecule has 0 amide bonds. The molecule has 1 rings (SSSR count). The highest BCUT2D eigenvalue weighted by molar-refractivity contribution is 9.10. The molecule has 114 valence electrons. The molecule has 4 heteroatoms. The minimum atomic E-state index is -0.186. The smallest absolute Gasteiger partial charge is 0.124 e. The molecular weight excluding hydrogens is 321 g/mol. The topological polar surface area (TPSA) is 21.3 Å². The zero-order chi connectivity index (χ0) is 15.2. The second-order valence-electron chi connectivity index (χ2n) is 6.24. The van der Waals surface area contributed by atoms with E-state index in [0.717, 1.165) is 29.5 Å². The van der Waals surface area contributed by atoms with Gasteiger partial charge in [0.05, 0.1) is 6.61 Å². The number of benzene rings is 1. The molecule has 0 saturated heterocycles. The van der Waals surface area contributed by atoms with Crippen molar-refractivity contribution in [1.82, 2.24) is 5.32 Å². The molecule has 0 fully saturated rings. The standard InChI is InChI=1S/C16H25BrFNO/c1-16(2,3)13(11-19-5-6-20-4)7-12-8-14(17)10-15(18)9-12/h8-10,13,19H,5-7,11H2,1-4H3. The Kier molecular flexibility index (Phi) is 7.13. The van der Waals surface area contributed by atoms with E-state index < -0.39 is 0 Å². The Labute approximate surface area is 130 Å². The van der Waals surface area contributed by atoms with Gasteiger partial charge in [0.2, 0.25) is 0 Å². The van der Waals surface area contributed by atoms with Gasteiger partial charge < -0.3 is 10.1 Å². The molecule has 0 spiro atoms. The molecule has 0 heterocycles. The molecule has 20 heavy (non-hydrogen) atoms. The number of rotatable bonds is 7. The van der Waals surface area contributed by atoms with Gasteiger partial charge in [0.1, 0.15) is 5.82 Å². The quantitative estimate of drug-likeness (QED) is 0.753. The molecule has 0 aliphatic carbocycles. The SMILES string of the molecule is COCCNCC(Cc1cc(F)cc(Br)c1)C(C)(C)C. The summed E-state index contributed by atoms with van der Waals surface area (Å²) in [4.78, 5) is 0. The first-order chi connectivity index (χ1) is 9.32. The van der Waals surface area contributed by atoms with Crippen molar-refractivity contribution in [2.75, 3.05) is 26.8 Å². The van der Waals surface area contributed by atoms with Crippen molar-refractivity contribution in [3.05, 3.63) is 34.1 Å². The van der Waals surface area contributed by atoms with Gasteiger partial charge in [-0.05, 0) is 48.1 Å². The van der Waals surface area contributed by atoms with Gasteiger partial charge in [0.25, 0.3) is 0 Å². The number of ether oxygens (including phenoxy) is 1. The maximum Gasteiger partial charge on any atom is 0.124 e. The van der Waals surface area contributed by atoms with Gasteiger partial charge in [-0.25, -0.2) is 4.39 Å². The average molecular weight is 346 g/mol. The summed E-state index contributed by atoms with van der Waals surface area (Å²) >= 11 is 3.35. The molecular formula is C16H25BrFNO. The zero-order valence-corrected chi connectivity index (χ0v) is 14.4. The van der Waals surface area contributed by atoms with E-state index in [-0.39, 0.29) is 11.2 Å². The lowest BCUT2D eigenvalue weighted by Crippen LogP contribution is -2.34. The maximum atomic E-state index is 13.5. The van der Waals surface area contributed by atoms with Gasteiger partial charge in [-0.3, -0.25) is 0 Å². The third-order valence-electron chi connectivity index (χ3n) is 3.50. The van der Waals surface area contributed by atoms with Gasteiger partial charge in [-0.15, -0.1) is 0 Å². The summed E-state index contributed by atoms with van der Waals surface area (Å²) in [7, 11) is 1.70. The lowest BCUT2D eigenvalue weighted by atomic mass is 9.77. The van der Waals surface area contributed by atoms with Crippen molar-refractivity contribution in [3.8, 4) is 0 Å². The highest BCUT2D eigenvalue weighted by Crippen LogP contribution is 2.29. The predicted octanol–water partition coefficient (Wildman–Crippen LogP) is 4.03. The second kappa shape index (κ2) is 8.11. The van der Waals surface area contributed by atoms with E-state index >= 15 is 0 Å². The van der Waals surface area contributed by atoms with Crippen LogP contribution in [0.15, 0.2) is 22.7 Å². The minimum absolute atomic E-state index is 0.166. The van der Waals surface area contributed by atoms with Crippen LogP contribution in [0.3, 0.4) is 0 Å². The largest absolute Gasteiger partial charge is 0.383 e. The van der Waals surface area contributed by atoms with Crippen LogP contribution in [0, 0.1) is 17.2 Å². The van der Waals surface area contributed by atoms with Gasteiger partial charge in [0.15, 0.2) is 0 Å². The summed E-state index contributed by atoms with van der Waals surface area (Å²) in [6.45, 7) is 9.14. The van der Waals surface area contributed by atoms with Crippen molar-refractivity contribution < 1.29 is 9.13 Å². The first kappa shape index (κ1) is 17.6. The Balaban J connectivity index is 2.69. The Morgan fingerprint density at radius 2 is 2.00 bits per heavy atom. The van der Waals surface area contributed by atoms with Gasteiger partial charge >= 0.3 is 0 Å². The number of methoxy groups -OCH3 is 1. The molecule has 0 aromatic heterocycles. The van der Waals surface area contributed by atoms with Crippen LogP contribution in [0.25, 0.3) is 0 Å². The van der Waals surface area contributed by atoms with Crippen molar-refractivity contribution >= 4 is 15.9 Å². The van der Waals surface area contributed by atoms with E-state index in [4.69, 9.17) is 4.74 Å². The van der Waals surface area contributed by atoms with E-state index in [1.165, 1.54) is 6.07 Å². The predicted molar refractivity (Wildman–Crippen MR) is 85.5 cm³/mol. The molecule has 1 aromatic carbocycles. The Hall–Kier alpha value is -0.450. The van der Waals surface area contributed by atoms with E-state index in [2.05, 4.69) is 42.0 Å². The molecule has 0 bridgehead atoms. The van der Waals surface area contributed by atoms with Crippen molar-refractivity contribution in [1.29, 1.82) is 0 Å². The first-order valence-electron chi connectivity index (χ1n) is 6.97. The molecule has 0 saturated carbocycles. The van der Waals surface area contributed by atoms with Crippen LogP contribution in [-0.2, 0) is 11.2 Å². The molecule has 0 aliphatic heterocycles. The molecule has 1 aromatic rings. The van der Waals surface area contributed by atoms with Crippen LogP contribution >= 0.6 is 15.9 Å². The third kappa shape index (κ3) is 6.33. The van der Waals surface area contributed by atoms with Gasteiger partial charge in [0, 0.05) is 18.1 Å². The Morgan fingerprint density at radius 1 is 1.30 bits per heavy atom. The third-order valence-corrected chi connectivity index (χ3v) is 3.96. The fraction of sp³-hybridized carbons (Fsp3) is 0.625. The van der Waals surface area contributed by atoms with Gasteiger partial charge in [-0.1, -0.05) is 36.7 Å². The minimum Gasteiger partial charge on any atom is -0.383 e. The lowest BCUT2D eigenvalue weighted by Gasteiger charge is -2.31. The molecule has 0 radical (unpaired) electrons. The second-order valence-corrected chi connectivity index (χ2v) is 7.16. The van der Waals surface area contributed by atoms with Crippen LogP contribution in [0.5, 0.6) is 0 Å². The zero-order valence-electron chi connectivity index (χ0n) is 12.8. The summed E-state index contributed by atoms with van der Waals surface area (Å²) in [5, 5.41) is 3.41. The fourth-order valence-electron chi connectivity index (χ4n) is 2.15. The highest BCUT2D eigenvalue weighted by Gasteiger charge is 2.24. The van der Waals surface area contributed by atoms with Gasteiger partial charge in [-0.2, -0.15) is 0 Å². The average Bonchev–Trinajstić information content (AvgIpc) is 2.30. The number of hydrogen-bond acceptors (Lipinski definition) is 2. The van der Waals surface area contributed by atoms with E-state index in [1.807, 2.05) is 6.07 Å². The summed E-state index contributed by atoms with van der Waals surface area (Å²) in [6, 6.07) is 5.11. The summed E-state index contributed by atoms with van der Waals surface area (Å²) < 4.78 is 19.3. The Bertz CT molecular complexity index is 397. The molecule has 1 unspecified atom stereocenters. The van der Waals surface area contributed by atoms with E-state index in [0.29, 0.717) is 12.5 Å². The lowest BCUT2D eigenvalue weighted by molar-refractivity contribution is 0.186. The number of halogens is 2. The Morgan fingerprint density at radius 3 is 2.55 bits per heavy atom. The maximum absolute atomic E-state index is 13.5. The van der Waals surface area contributed by atoms with E-state index in [1.54, 1.807) is 13.2 Å². The highest BCUT2D eigenvalue weighted by atomic mass is 79.9. The fourth-order valence-corrected chi connectivity index (χ4v) is 2.66. The summed E-state index contributed by atoms with van der Waals surface area (Å²) in [5.74, 6) is 0.252. The number of hydrogen-bond donors (Lipinski definition) is 1. The van der Waals surface area contributed by atoms with E-state index in [9.17, 15) is 4.39 Å². The molecule has 2 nitrogen and oxygen atoms in total. The molecule has 1 atom stereocenters. The van der Waals surface area contributed by atoms with Crippen LogP contribution < -0.4 is 5.32 Å². The summed E-state index contributed by atoms with van der Waals surface area (Å²) in [6.07, 6.45) is 0.861. The van der Waals surface area contributed by atoms with Crippen LogP contribution in [0.4, 0.5) is 4.39 Å². The first-order valence-corrected chi connectivity index (χ1v) is 7.77. The monoisotopic (exact) mass is 345 g/mol. The van der Waals surface area contributed by atoms with Crippen LogP contribution in [0.2, 0.25) is 0 Å². The normalized spacial score (nSPS) is 13.5. The van der Waals surface area contributed by atoms with Crippen molar-refractivity contribution in [2.24, 2.45) is 11.3 Å². The van der Waals surface area contributed by atoms with Crippen molar-refractivity contribution in [3.63, 3.8) is 0 Å². The van der Waals surface area contributed by atoms with Crippen molar-refractivity contribution in [2.45, 2.75) is 27.2 Å². The van der Waals surface area contributed by atoms with Crippen LogP contribution in [-0.4, -0.2) is 26.8 Å². The molecule has 1 N–H and O–H groups in total.